The lowest BCUT2D eigenvalue weighted by Crippen LogP contribution is -2.12. The van der Waals surface area contributed by atoms with E-state index in [0.29, 0.717) is 11.9 Å². The summed E-state index contributed by atoms with van der Waals surface area (Å²) in [4.78, 5) is 4.20. The zero-order chi connectivity index (χ0) is 12.1. The zero-order valence-electron chi connectivity index (χ0n) is 9.80. The van der Waals surface area contributed by atoms with Gasteiger partial charge in [-0.1, -0.05) is 5.10 Å². The Hall–Kier alpha value is -1.47. The SMILES string of the molecule is CNC(C)c1nnc(NCCc2nccs2)o1. The van der Waals surface area contributed by atoms with Gasteiger partial charge in [0.1, 0.15) is 0 Å². The van der Waals surface area contributed by atoms with E-state index in [2.05, 4.69) is 25.8 Å². The van der Waals surface area contributed by atoms with Gasteiger partial charge in [0.2, 0.25) is 5.89 Å². The van der Waals surface area contributed by atoms with E-state index < -0.39 is 0 Å². The smallest absolute Gasteiger partial charge is 0.315 e. The van der Waals surface area contributed by atoms with E-state index in [1.807, 2.05) is 19.4 Å². The van der Waals surface area contributed by atoms with Gasteiger partial charge in [-0.2, -0.15) is 0 Å². The van der Waals surface area contributed by atoms with Gasteiger partial charge in [0.25, 0.3) is 0 Å². The van der Waals surface area contributed by atoms with E-state index in [-0.39, 0.29) is 6.04 Å². The molecule has 17 heavy (non-hydrogen) atoms. The Labute approximate surface area is 103 Å². The van der Waals surface area contributed by atoms with E-state index in [1.54, 1.807) is 17.5 Å². The van der Waals surface area contributed by atoms with Crippen molar-refractivity contribution in [3.05, 3.63) is 22.5 Å². The van der Waals surface area contributed by atoms with Crippen molar-refractivity contribution in [2.75, 3.05) is 18.9 Å². The molecule has 0 saturated heterocycles. The molecule has 6 nitrogen and oxygen atoms in total. The summed E-state index contributed by atoms with van der Waals surface area (Å²) in [5.74, 6) is 0.587. The van der Waals surface area contributed by atoms with Gasteiger partial charge in [-0.15, -0.1) is 16.4 Å². The van der Waals surface area contributed by atoms with Gasteiger partial charge < -0.3 is 15.1 Å². The van der Waals surface area contributed by atoms with E-state index >= 15 is 0 Å². The lowest BCUT2D eigenvalue weighted by atomic mass is 10.3. The number of nitrogens with zero attached hydrogens (tertiary/aromatic N) is 3. The Morgan fingerprint density at radius 1 is 1.47 bits per heavy atom. The van der Waals surface area contributed by atoms with Crippen molar-refractivity contribution in [3.8, 4) is 0 Å². The van der Waals surface area contributed by atoms with Crippen LogP contribution in [-0.4, -0.2) is 28.8 Å². The molecule has 0 aliphatic rings. The van der Waals surface area contributed by atoms with Crippen LogP contribution in [0.25, 0.3) is 0 Å². The Bertz CT molecular complexity index is 441. The predicted octanol–water partition coefficient (Wildman–Crippen LogP) is 1.46. The Morgan fingerprint density at radius 2 is 2.35 bits per heavy atom. The van der Waals surface area contributed by atoms with E-state index in [4.69, 9.17) is 4.42 Å². The molecule has 0 radical (unpaired) electrons. The third-order valence-electron chi connectivity index (χ3n) is 2.34. The molecule has 0 saturated carbocycles. The third-order valence-corrected chi connectivity index (χ3v) is 3.18. The van der Waals surface area contributed by atoms with Crippen LogP contribution in [0, 0.1) is 0 Å². The number of nitrogens with one attached hydrogen (secondary N) is 2. The Morgan fingerprint density at radius 3 is 3.06 bits per heavy atom. The van der Waals surface area contributed by atoms with Crippen LogP contribution in [0.2, 0.25) is 0 Å². The molecule has 2 aromatic heterocycles. The lowest BCUT2D eigenvalue weighted by molar-refractivity contribution is 0.441. The van der Waals surface area contributed by atoms with Gasteiger partial charge in [0, 0.05) is 24.5 Å². The van der Waals surface area contributed by atoms with Gasteiger partial charge in [0.05, 0.1) is 11.0 Å². The van der Waals surface area contributed by atoms with Gasteiger partial charge in [-0.05, 0) is 14.0 Å². The van der Waals surface area contributed by atoms with Crippen molar-refractivity contribution < 1.29 is 4.42 Å². The summed E-state index contributed by atoms with van der Waals surface area (Å²) in [5, 5.41) is 17.1. The summed E-state index contributed by atoms with van der Waals surface area (Å²) < 4.78 is 5.44. The monoisotopic (exact) mass is 253 g/mol. The molecule has 2 heterocycles. The molecule has 92 valence electrons. The first-order valence-corrected chi connectivity index (χ1v) is 6.30. The molecule has 0 fully saturated rings. The van der Waals surface area contributed by atoms with Crippen molar-refractivity contribution in [3.63, 3.8) is 0 Å². The van der Waals surface area contributed by atoms with Crippen LogP contribution in [0.5, 0.6) is 0 Å². The number of hydrogen-bond acceptors (Lipinski definition) is 7. The second-order valence-corrected chi connectivity index (χ2v) is 4.54. The summed E-state index contributed by atoms with van der Waals surface area (Å²) in [6.45, 7) is 2.70. The van der Waals surface area contributed by atoms with Crippen LogP contribution in [0.3, 0.4) is 0 Å². The van der Waals surface area contributed by atoms with Crippen LogP contribution in [0.15, 0.2) is 16.0 Å². The summed E-state index contributed by atoms with van der Waals surface area (Å²) in [7, 11) is 1.85. The molecular formula is C10H15N5OS. The molecule has 7 heteroatoms. The first-order valence-electron chi connectivity index (χ1n) is 5.42. The molecular weight excluding hydrogens is 238 g/mol. The van der Waals surface area contributed by atoms with Gasteiger partial charge in [-0.25, -0.2) is 4.98 Å². The van der Waals surface area contributed by atoms with Gasteiger partial charge in [-0.3, -0.25) is 0 Å². The van der Waals surface area contributed by atoms with E-state index in [9.17, 15) is 0 Å². The highest BCUT2D eigenvalue weighted by molar-refractivity contribution is 7.09. The molecule has 1 atom stereocenters. The fourth-order valence-corrected chi connectivity index (χ4v) is 1.88. The van der Waals surface area contributed by atoms with Crippen LogP contribution in [0.1, 0.15) is 23.9 Å². The number of aromatic nitrogens is 3. The van der Waals surface area contributed by atoms with Crippen LogP contribution in [-0.2, 0) is 6.42 Å². The first kappa shape index (κ1) is 12.0. The van der Waals surface area contributed by atoms with Crippen LogP contribution in [0.4, 0.5) is 6.01 Å². The van der Waals surface area contributed by atoms with Crippen molar-refractivity contribution in [2.45, 2.75) is 19.4 Å². The van der Waals surface area contributed by atoms with E-state index in [1.165, 1.54) is 0 Å². The molecule has 0 amide bonds. The summed E-state index contributed by atoms with van der Waals surface area (Å²) in [5.41, 5.74) is 0. The molecule has 0 spiro atoms. The largest absolute Gasteiger partial charge is 0.406 e. The number of thiazole rings is 1. The minimum atomic E-state index is 0.0667. The third kappa shape index (κ3) is 3.24. The van der Waals surface area contributed by atoms with Gasteiger partial charge >= 0.3 is 6.01 Å². The quantitative estimate of drug-likeness (QED) is 0.811. The highest BCUT2D eigenvalue weighted by Gasteiger charge is 2.11. The standard InChI is InChI=1S/C10H15N5OS/c1-7(11-2)9-14-15-10(16-9)13-4-3-8-12-5-6-17-8/h5-7,11H,3-4H2,1-2H3,(H,13,15). The maximum absolute atomic E-state index is 5.44. The molecule has 1 unspecified atom stereocenters. The zero-order valence-corrected chi connectivity index (χ0v) is 10.6. The maximum Gasteiger partial charge on any atom is 0.315 e. The second-order valence-electron chi connectivity index (χ2n) is 3.56. The fourth-order valence-electron chi connectivity index (χ4n) is 1.26. The fraction of sp³-hybridized carbons (Fsp3) is 0.500. The highest BCUT2D eigenvalue weighted by atomic mass is 32.1. The van der Waals surface area contributed by atoms with Crippen LogP contribution >= 0.6 is 11.3 Å². The first-order chi connectivity index (χ1) is 8.29. The Kier molecular flexibility index (Phi) is 4.05. The summed E-state index contributed by atoms with van der Waals surface area (Å²) >= 11 is 1.64. The predicted molar refractivity (Wildman–Crippen MR) is 66.1 cm³/mol. The molecule has 2 N–H and O–H groups in total. The van der Waals surface area contributed by atoms with Crippen LogP contribution < -0.4 is 10.6 Å². The topological polar surface area (TPSA) is 75.9 Å². The second kappa shape index (κ2) is 5.74. The van der Waals surface area contributed by atoms with Crippen molar-refractivity contribution >= 4 is 17.4 Å². The highest BCUT2D eigenvalue weighted by Crippen LogP contribution is 2.13. The molecule has 0 bridgehead atoms. The average Bonchev–Trinajstić information content (AvgIpc) is 2.99. The summed E-state index contributed by atoms with van der Waals surface area (Å²) in [6, 6.07) is 0.524. The minimum absolute atomic E-state index is 0.0667. The summed E-state index contributed by atoms with van der Waals surface area (Å²) in [6.07, 6.45) is 2.66. The molecule has 0 aliphatic carbocycles. The van der Waals surface area contributed by atoms with E-state index in [0.717, 1.165) is 18.0 Å². The average molecular weight is 253 g/mol. The van der Waals surface area contributed by atoms with Crippen molar-refractivity contribution in [1.82, 2.24) is 20.5 Å². The molecule has 0 aliphatic heterocycles. The lowest BCUT2D eigenvalue weighted by Gasteiger charge is -2.02. The number of rotatable bonds is 6. The van der Waals surface area contributed by atoms with Crippen molar-refractivity contribution in [1.29, 1.82) is 0 Å². The van der Waals surface area contributed by atoms with Crippen molar-refractivity contribution in [2.24, 2.45) is 0 Å². The normalized spacial score (nSPS) is 12.6. The maximum atomic E-state index is 5.44. The Balaban J connectivity index is 1.81. The molecule has 2 rings (SSSR count). The number of hydrogen-bond donors (Lipinski definition) is 2. The molecule has 0 aromatic carbocycles. The minimum Gasteiger partial charge on any atom is -0.406 e. The molecule has 2 aromatic rings. The number of anilines is 1. The van der Waals surface area contributed by atoms with Gasteiger partial charge in [0.15, 0.2) is 0 Å².